The fraction of sp³-hybridized carbons (Fsp3) is 0.333. The van der Waals surface area contributed by atoms with Gasteiger partial charge in [-0.2, -0.15) is 0 Å². The van der Waals surface area contributed by atoms with Gasteiger partial charge in [0.1, 0.15) is 0 Å². The molecular formula is C9H11NO2S. The highest BCUT2D eigenvalue weighted by atomic mass is 32.2. The molecular weight excluding hydrogens is 186 g/mol. The molecule has 1 aromatic rings. The Morgan fingerprint density at radius 3 is 2.92 bits per heavy atom. The summed E-state index contributed by atoms with van der Waals surface area (Å²) in [4.78, 5) is 0.443. The van der Waals surface area contributed by atoms with E-state index in [1.807, 2.05) is 19.1 Å². The summed E-state index contributed by atoms with van der Waals surface area (Å²) in [5, 5.41) is 0. The summed E-state index contributed by atoms with van der Waals surface area (Å²) in [7, 11) is -3.21. The summed E-state index contributed by atoms with van der Waals surface area (Å²) in [6, 6.07) is 5.56. The highest BCUT2D eigenvalue weighted by Gasteiger charge is 2.22. The second kappa shape index (κ2) is 2.82. The number of hydrogen-bond acceptors (Lipinski definition) is 2. The van der Waals surface area contributed by atoms with Crippen LogP contribution in [0.5, 0.6) is 0 Å². The molecule has 0 saturated carbocycles. The summed E-state index contributed by atoms with van der Waals surface area (Å²) < 4.78 is 25.5. The molecule has 0 aliphatic carbocycles. The number of aryl methyl sites for hydroxylation is 1. The van der Waals surface area contributed by atoms with Gasteiger partial charge in [0.15, 0.2) is 0 Å². The van der Waals surface area contributed by atoms with Crippen LogP contribution in [-0.4, -0.2) is 15.0 Å². The van der Waals surface area contributed by atoms with Crippen LogP contribution in [0.4, 0.5) is 0 Å². The molecule has 1 heterocycles. The molecule has 13 heavy (non-hydrogen) atoms. The van der Waals surface area contributed by atoms with Crippen LogP contribution in [0.2, 0.25) is 0 Å². The Kier molecular flexibility index (Phi) is 1.89. The van der Waals surface area contributed by atoms with Gasteiger partial charge in [-0.05, 0) is 30.5 Å². The molecule has 0 unspecified atom stereocenters. The first kappa shape index (κ1) is 8.72. The van der Waals surface area contributed by atoms with Crippen molar-refractivity contribution in [1.29, 1.82) is 0 Å². The lowest BCUT2D eigenvalue weighted by atomic mass is 10.1. The minimum absolute atomic E-state index is 0.443. The standard InChI is InChI=1S/C9H11NO2S/c1-7-2-3-8-4-5-10-13(11,12)9(8)6-7/h2-3,6,10H,4-5H2,1H3. The Morgan fingerprint density at radius 1 is 1.38 bits per heavy atom. The van der Waals surface area contributed by atoms with Gasteiger partial charge in [0, 0.05) is 6.54 Å². The molecule has 0 fully saturated rings. The summed E-state index contributed by atoms with van der Waals surface area (Å²) in [5.74, 6) is 0. The predicted molar refractivity (Wildman–Crippen MR) is 50.1 cm³/mol. The van der Waals surface area contributed by atoms with E-state index in [-0.39, 0.29) is 0 Å². The first-order valence-corrected chi connectivity index (χ1v) is 5.67. The van der Waals surface area contributed by atoms with Gasteiger partial charge in [0.05, 0.1) is 4.90 Å². The molecule has 1 N–H and O–H groups in total. The molecule has 1 aliphatic rings. The second-order valence-corrected chi connectivity index (χ2v) is 4.99. The van der Waals surface area contributed by atoms with Crippen molar-refractivity contribution >= 4 is 10.0 Å². The van der Waals surface area contributed by atoms with Crippen molar-refractivity contribution in [3.8, 4) is 0 Å². The van der Waals surface area contributed by atoms with E-state index < -0.39 is 10.0 Å². The van der Waals surface area contributed by atoms with E-state index >= 15 is 0 Å². The van der Waals surface area contributed by atoms with Crippen LogP contribution in [0.1, 0.15) is 11.1 Å². The lowest BCUT2D eigenvalue weighted by Crippen LogP contribution is -2.31. The Balaban J connectivity index is 2.68. The Labute approximate surface area is 77.8 Å². The van der Waals surface area contributed by atoms with Gasteiger partial charge >= 0.3 is 0 Å². The SMILES string of the molecule is Cc1ccc2c(c1)S(=O)(=O)NCC2. The molecule has 0 radical (unpaired) electrons. The first-order valence-electron chi connectivity index (χ1n) is 4.19. The minimum Gasteiger partial charge on any atom is -0.211 e. The molecule has 0 amide bonds. The number of hydrogen-bond donors (Lipinski definition) is 1. The zero-order chi connectivity index (χ0) is 9.47. The number of rotatable bonds is 0. The van der Waals surface area contributed by atoms with Crippen molar-refractivity contribution in [3.05, 3.63) is 29.3 Å². The fourth-order valence-electron chi connectivity index (χ4n) is 1.52. The van der Waals surface area contributed by atoms with Gasteiger partial charge in [-0.3, -0.25) is 0 Å². The number of fused-ring (bicyclic) bond motifs is 1. The smallest absolute Gasteiger partial charge is 0.211 e. The number of nitrogens with one attached hydrogen (secondary N) is 1. The monoisotopic (exact) mass is 197 g/mol. The Hall–Kier alpha value is -0.870. The van der Waals surface area contributed by atoms with Gasteiger partial charge in [-0.15, -0.1) is 0 Å². The van der Waals surface area contributed by atoms with Crippen molar-refractivity contribution < 1.29 is 8.42 Å². The van der Waals surface area contributed by atoms with Crippen molar-refractivity contribution in [1.82, 2.24) is 4.72 Å². The molecule has 0 atom stereocenters. The van der Waals surface area contributed by atoms with Gasteiger partial charge < -0.3 is 0 Å². The quantitative estimate of drug-likeness (QED) is 0.669. The molecule has 2 rings (SSSR count). The maximum absolute atomic E-state index is 11.5. The van der Waals surface area contributed by atoms with E-state index in [1.54, 1.807) is 6.07 Å². The first-order chi connectivity index (χ1) is 6.09. The topological polar surface area (TPSA) is 46.2 Å². The lowest BCUT2D eigenvalue weighted by Gasteiger charge is -2.17. The molecule has 3 nitrogen and oxygen atoms in total. The van der Waals surface area contributed by atoms with Crippen LogP contribution >= 0.6 is 0 Å². The van der Waals surface area contributed by atoms with E-state index in [0.29, 0.717) is 11.4 Å². The lowest BCUT2D eigenvalue weighted by molar-refractivity contribution is 0.573. The summed E-state index contributed by atoms with van der Waals surface area (Å²) in [6.07, 6.45) is 0.787. The molecule has 0 spiro atoms. The predicted octanol–water partition coefficient (Wildman–Crippen LogP) is 0.829. The van der Waals surface area contributed by atoms with E-state index in [0.717, 1.165) is 17.5 Å². The maximum atomic E-state index is 11.5. The molecule has 1 aliphatic heterocycles. The average molecular weight is 197 g/mol. The zero-order valence-corrected chi connectivity index (χ0v) is 8.19. The van der Waals surface area contributed by atoms with Crippen LogP contribution < -0.4 is 4.72 Å². The largest absolute Gasteiger partial charge is 0.240 e. The molecule has 0 bridgehead atoms. The van der Waals surface area contributed by atoms with Crippen LogP contribution in [0.3, 0.4) is 0 Å². The van der Waals surface area contributed by atoms with Crippen LogP contribution in [0.25, 0.3) is 0 Å². The summed E-state index contributed by atoms with van der Waals surface area (Å²) in [6.45, 7) is 2.41. The van der Waals surface area contributed by atoms with E-state index in [9.17, 15) is 8.42 Å². The summed E-state index contributed by atoms with van der Waals surface area (Å²) in [5.41, 5.74) is 1.90. The zero-order valence-electron chi connectivity index (χ0n) is 7.37. The van der Waals surface area contributed by atoms with E-state index in [1.165, 1.54) is 0 Å². The third-order valence-electron chi connectivity index (χ3n) is 2.20. The van der Waals surface area contributed by atoms with E-state index in [2.05, 4.69) is 4.72 Å². The van der Waals surface area contributed by atoms with Gasteiger partial charge in [-0.25, -0.2) is 13.1 Å². The van der Waals surface area contributed by atoms with E-state index in [4.69, 9.17) is 0 Å². The Bertz CT molecular complexity index is 437. The van der Waals surface area contributed by atoms with Crippen molar-refractivity contribution in [2.45, 2.75) is 18.2 Å². The van der Waals surface area contributed by atoms with Crippen LogP contribution in [0, 0.1) is 6.92 Å². The molecule has 1 aromatic carbocycles. The van der Waals surface area contributed by atoms with Crippen molar-refractivity contribution in [3.63, 3.8) is 0 Å². The highest BCUT2D eigenvalue weighted by Crippen LogP contribution is 2.20. The summed E-state index contributed by atoms with van der Waals surface area (Å²) >= 11 is 0. The third-order valence-corrected chi connectivity index (χ3v) is 3.74. The minimum atomic E-state index is -3.21. The number of sulfonamides is 1. The van der Waals surface area contributed by atoms with Crippen LogP contribution in [0.15, 0.2) is 23.1 Å². The molecule has 70 valence electrons. The number of benzene rings is 1. The molecule has 4 heteroatoms. The van der Waals surface area contributed by atoms with Crippen LogP contribution in [-0.2, 0) is 16.4 Å². The molecule has 0 saturated heterocycles. The highest BCUT2D eigenvalue weighted by molar-refractivity contribution is 7.89. The van der Waals surface area contributed by atoms with Gasteiger partial charge in [-0.1, -0.05) is 12.1 Å². The van der Waals surface area contributed by atoms with Crippen molar-refractivity contribution in [2.24, 2.45) is 0 Å². The van der Waals surface area contributed by atoms with Gasteiger partial charge in [0.25, 0.3) is 0 Å². The average Bonchev–Trinajstić information content (AvgIpc) is 2.06. The second-order valence-electron chi connectivity index (χ2n) is 3.26. The molecule has 0 aromatic heterocycles. The maximum Gasteiger partial charge on any atom is 0.240 e. The third kappa shape index (κ3) is 1.47. The van der Waals surface area contributed by atoms with Crippen molar-refractivity contribution in [2.75, 3.05) is 6.54 Å². The Morgan fingerprint density at radius 2 is 2.15 bits per heavy atom. The fourth-order valence-corrected chi connectivity index (χ4v) is 2.90. The normalized spacial score (nSPS) is 19.5. The van der Waals surface area contributed by atoms with Gasteiger partial charge in [0.2, 0.25) is 10.0 Å².